The van der Waals surface area contributed by atoms with Crippen LogP contribution < -0.4 is 16.4 Å². The lowest BCUT2D eigenvalue weighted by atomic mass is 9.67. The molecule has 170 valence electrons. The molecule has 8 heteroatoms. The third-order valence-corrected chi connectivity index (χ3v) is 6.35. The summed E-state index contributed by atoms with van der Waals surface area (Å²) in [6.45, 7) is 8.73. The largest absolute Gasteiger partial charge is 0.385 e. The van der Waals surface area contributed by atoms with Gasteiger partial charge in [-0.1, -0.05) is 6.42 Å². The summed E-state index contributed by atoms with van der Waals surface area (Å²) in [7, 11) is 1.78. The topological polar surface area (TPSA) is 92.0 Å². The highest BCUT2D eigenvalue weighted by Crippen LogP contribution is 2.44. The van der Waals surface area contributed by atoms with Crippen molar-refractivity contribution in [2.75, 3.05) is 53.0 Å². The number of likely N-dealkylation sites (tertiary alicyclic amines) is 1. The lowest BCUT2D eigenvalue weighted by Gasteiger charge is -2.40. The first-order valence-electron chi connectivity index (χ1n) is 11.1. The highest BCUT2D eigenvalue weighted by molar-refractivity contribution is 14.0. The number of amides is 1. The quantitative estimate of drug-likeness (QED) is 0.158. The number of rotatable bonds is 12. The summed E-state index contributed by atoms with van der Waals surface area (Å²) in [6, 6.07) is 0. The molecule has 1 aliphatic heterocycles. The maximum atomic E-state index is 11.2. The maximum absolute atomic E-state index is 11.2. The average molecular weight is 524 g/mol. The molecule has 0 aromatic carbocycles. The van der Waals surface area contributed by atoms with Crippen molar-refractivity contribution in [1.29, 1.82) is 0 Å². The minimum Gasteiger partial charge on any atom is -0.385 e. The molecule has 2 fully saturated rings. The van der Waals surface area contributed by atoms with Crippen molar-refractivity contribution in [3.05, 3.63) is 0 Å². The van der Waals surface area contributed by atoms with Crippen LogP contribution in [0.15, 0.2) is 4.99 Å². The second-order valence-electron chi connectivity index (χ2n) is 8.44. The van der Waals surface area contributed by atoms with Crippen molar-refractivity contribution in [1.82, 2.24) is 15.5 Å². The van der Waals surface area contributed by atoms with Gasteiger partial charge >= 0.3 is 0 Å². The molecule has 0 aromatic heterocycles. The smallest absolute Gasteiger partial charge is 0.220 e. The number of unbranched alkanes of at least 4 members (excludes halogenated alkanes) is 1. The summed E-state index contributed by atoms with van der Waals surface area (Å²) in [5, 5.41) is 6.85. The van der Waals surface area contributed by atoms with Crippen LogP contribution in [0.25, 0.3) is 0 Å². The van der Waals surface area contributed by atoms with Gasteiger partial charge in [0.1, 0.15) is 0 Å². The van der Waals surface area contributed by atoms with Gasteiger partial charge in [0.15, 0.2) is 5.96 Å². The van der Waals surface area contributed by atoms with Gasteiger partial charge in [-0.3, -0.25) is 9.79 Å². The van der Waals surface area contributed by atoms with Crippen LogP contribution in [-0.4, -0.2) is 69.8 Å². The van der Waals surface area contributed by atoms with Gasteiger partial charge in [0.25, 0.3) is 0 Å². The second-order valence-corrected chi connectivity index (χ2v) is 8.44. The van der Waals surface area contributed by atoms with E-state index in [-0.39, 0.29) is 35.8 Å². The standard InChI is InChI=1S/C21H41N5O2.HI/c1-3-23-20(25-17-21(9-6-10-21)11-16-28-2)24-12-4-5-13-26-14-7-18(8-15-26)19(22)27;/h18H,3-17H2,1-2H3,(H2,22,27)(H2,23,24,25);1H. The van der Waals surface area contributed by atoms with E-state index in [0.717, 1.165) is 83.9 Å². The third-order valence-electron chi connectivity index (χ3n) is 6.35. The summed E-state index contributed by atoms with van der Waals surface area (Å²) in [5.41, 5.74) is 5.76. The van der Waals surface area contributed by atoms with Crippen LogP contribution in [0.5, 0.6) is 0 Å². The van der Waals surface area contributed by atoms with Crippen LogP contribution in [0.2, 0.25) is 0 Å². The van der Waals surface area contributed by atoms with E-state index in [0.29, 0.717) is 5.41 Å². The molecule has 1 amide bonds. The molecular formula is C21H42IN5O2. The Hall–Kier alpha value is -0.610. The first kappa shape index (κ1) is 26.4. The van der Waals surface area contributed by atoms with Crippen LogP contribution in [0, 0.1) is 11.3 Å². The van der Waals surface area contributed by atoms with Gasteiger partial charge in [-0.25, -0.2) is 0 Å². The van der Waals surface area contributed by atoms with Crippen LogP contribution in [0.3, 0.4) is 0 Å². The summed E-state index contributed by atoms with van der Waals surface area (Å²) < 4.78 is 5.28. The molecule has 0 atom stereocenters. The molecule has 1 heterocycles. The number of guanidine groups is 1. The van der Waals surface area contributed by atoms with Crippen molar-refractivity contribution < 1.29 is 9.53 Å². The van der Waals surface area contributed by atoms with Crippen molar-refractivity contribution >= 4 is 35.8 Å². The zero-order chi connectivity index (χ0) is 20.2. The normalized spacial score (nSPS) is 19.9. The van der Waals surface area contributed by atoms with Crippen molar-refractivity contribution in [3.8, 4) is 0 Å². The third kappa shape index (κ3) is 9.38. The van der Waals surface area contributed by atoms with Crippen molar-refractivity contribution in [2.24, 2.45) is 22.1 Å². The van der Waals surface area contributed by atoms with Gasteiger partial charge in [-0.2, -0.15) is 0 Å². The Morgan fingerprint density at radius 3 is 2.52 bits per heavy atom. The number of hydrogen-bond acceptors (Lipinski definition) is 4. The predicted octanol–water partition coefficient (Wildman–Crippen LogP) is 2.34. The number of methoxy groups -OCH3 is 1. The number of piperidine rings is 1. The number of nitrogens with one attached hydrogen (secondary N) is 2. The number of nitrogens with two attached hydrogens (primary N) is 1. The number of hydrogen-bond donors (Lipinski definition) is 3. The zero-order valence-electron chi connectivity index (χ0n) is 18.4. The van der Waals surface area contributed by atoms with E-state index in [1.807, 2.05) is 0 Å². The van der Waals surface area contributed by atoms with Gasteiger partial charge in [0, 0.05) is 39.3 Å². The monoisotopic (exact) mass is 523 g/mol. The summed E-state index contributed by atoms with van der Waals surface area (Å²) in [5.74, 6) is 0.887. The average Bonchev–Trinajstić information content (AvgIpc) is 2.66. The number of carbonyl (C=O) groups is 1. The van der Waals surface area contributed by atoms with E-state index in [2.05, 4.69) is 22.5 Å². The van der Waals surface area contributed by atoms with Crippen LogP contribution >= 0.6 is 24.0 Å². The van der Waals surface area contributed by atoms with E-state index < -0.39 is 0 Å². The molecule has 0 spiro atoms. The van der Waals surface area contributed by atoms with E-state index in [4.69, 9.17) is 15.5 Å². The Morgan fingerprint density at radius 2 is 1.97 bits per heavy atom. The van der Waals surface area contributed by atoms with Crippen LogP contribution in [0.4, 0.5) is 0 Å². The SMILES string of the molecule is CCNC(=NCC1(CCOC)CCC1)NCCCCN1CCC(C(N)=O)CC1.I. The fourth-order valence-corrected chi connectivity index (χ4v) is 4.18. The van der Waals surface area contributed by atoms with Gasteiger partial charge in [0.2, 0.25) is 5.91 Å². The molecular weight excluding hydrogens is 481 g/mol. The number of aliphatic imine (C=N–C) groups is 1. The van der Waals surface area contributed by atoms with Gasteiger partial charge in [-0.05, 0) is 76.9 Å². The second kappa shape index (κ2) is 14.4. The molecule has 4 N–H and O–H groups in total. The van der Waals surface area contributed by atoms with Crippen LogP contribution in [-0.2, 0) is 9.53 Å². The molecule has 29 heavy (non-hydrogen) atoms. The number of halogens is 1. The van der Waals surface area contributed by atoms with Crippen LogP contribution in [0.1, 0.15) is 58.3 Å². The number of nitrogens with zero attached hydrogens (tertiary/aromatic N) is 2. The van der Waals surface area contributed by atoms with E-state index in [1.165, 1.54) is 19.3 Å². The highest BCUT2D eigenvalue weighted by atomic mass is 127. The lowest BCUT2D eigenvalue weighted by Crippen LogP contribution is -2.41. The first-order chi connectivity index (χ1) is 13.6. The molecule has 0 aromatic rings. The highest BCUT2D eigenvalue weighted by Gasteiger charge is 2.36. The molecule has 2 rings (SSSR count). The Kier molecular flexibility index (Phi) is 13.1. The number of ether oxygens (including phenoxy) is 1. The Balaban J connectivity index is 0.00000420. The molecule has 0 unspecified atom stereocenters. The summed E-state index contributed by atoms with van der Waals surface area (Å²) in [4.78, 5) is 18.6. The molecule has 1 aliphatic carbocycles. The minimum atomic E-state index is -0.134. The van der Waals surface area contributed by atoms with E-state index in [1.54, 1.807) is 7.11 Å². The van der Waals surface area contributed by atoms with E-state index >= 15 is 0 Å². The summed E-state index contributed by atoms with van der Waals surface area (Å²) >= 11 is 0. The Bertz CT molecular complexity index is 491. The molecule has 1 saturated carbocycles. The zero-order valence-corrected chi connectivity index (χ0v) is 20.7. The van der Waals surface area contributed by atoms with Gasteiger partial charge < -0.3 is 26.0 Å². The summed E-state index contributed by atoms with van der Waals surface area (Å²) in [6.07, 6.45) is 9.07. The van der Waals surface area contributed by atoms with Crippen molar-refractivity contribution in [2.45, 2.75) is 58.3 Å². The fourth-order valence-electron chi connectivity index (χ4n) is 4.18. The molecule has 7 nitrogen and oxygen atoms in total. The molecule has 1 saturated heterocycles. The Labute approximate surface area is 194 Å². The fraction of sp³-hybridized carbons (Fsp3) is 0.905. The van der Waals surface area contributed by atoms with E-state index in [9.17, 15) is 4.79 Å². The maximum Gasteiger partial charge on any atom is 0.220 e. The number of carbonyl (C=O) groups excluding carboxylic acids is 1. The minimum absolute atomic E-state index is 0. The predicted molar refractivity (Wildman–Crippen MR) is 130 cm³/mol. The molecule has 2 aliphatic rings. The number of primary amides is 1. The lowest BCUT2D eigenvalue weighted by molar-refractivity contribution is -0.123. The van der Waals surface area contributed by atoms with Gasteiger partial charge in [0.05, 0.1) is 0 Å². The van der Waals surface area contributed by atoms with Gasteiger partial charge in [-0.15, -0.1) is 24.0 Å². The van der Waals surface area contributed by atoms with Crippen molar-refractivity contribution in [3.63, 3.8) is 0 Å². The first-order valence-corrected chi connectivity index (χ1v) is 11.1. The molecule has 0 bridgehead atoms. The molecule has 0 radical (unpaired) electrons. The Morgan fingerprint density at radius 1 is 1.24 bits per heavy atom.